The summed E-state index contributed by atoms with van der Waals surface area (Å²) >= 11 is 14.5. The van der Waals surface area contributed by atoms with Gasteiger partial charge in [-0.1, -0.05) is 65.7 Å². The standard InChI is InChI=1S/C16H9Cl2IN2/c17-12-8-4-7-11(9-12)16-20-14(13(19)15(18)21-16)10-5-2-1-3-6-10/h1-9H. The maximum Gasteiger partial charge on any atom is 0.161 e. The van der Waals surface area contributed by atoms with E-state index in [1.807, 2.05) is 54.6 Å². The number of rotatable bonds is 2. The number of hydrogen-bond donors (Lipinski definition) is 0. The third-order valence-corrected chi connectivity index (χ3v) is 4.79. The highest BCUT2D eigenvalue weighted by atomic mass is 127. The molecule has 1 aromatic heterocycles. The molecule has 0 saturated heterocycles. The summed E-state index contributed by atoms with van der Waals surface area (Å²) in [6, 6.07) is 17.4. The highest BCUT2D eigenvalue weighted by molar-refractivity contribution is 14.1. The minimum atomic E-state index is 0.444. The van der Waals surface area contributed by atoms with Gasteiger partial charge in [0.05, 0.1) is 9.26 Å². The Morgan fingerprint density at radius 3 is 2.24 bits per heavy atom. The van der Waals surface area contributed by atoms with Crippen molar-refractivity contribution in [2.75, 3.05) is 0 Å². The van der Waals surface area contributed by atoms with Crippen LogP contribution >= 0.6 is 45.8 Å². The van der Waals surface area contributed by atoms with E-state index >= 15 is 0 Å². The van der Waals surface area contributed by atoms with Crippen LogP contribution in [0.4, 0.5) is 0 Å². The van der Waals surface area contributed by atoms with E-state index in [9.17, 15) is 0 Å². The van der Waals surface area contributed by atoms with Crippen LogP contribution in [0.3, 0.4) is 0 Å². The Morgan fingerprint density at radius 1 is 0.810 bits per heavy atom. The molecule has 0 atom stereocenters. The van der Waals surface area contributed by atoms with Crippen LogP contribution < -0.4 is 0 Å². The number of nitrogens with zero attached hydrogens (tertiary/aromatic N) is 2. The number of aromatic nitrogens is 2. The van der Waals surface area contributed by atoms with Gasteiger partial charge in [0.15, 0.2) is 5.82 Å². The Hall–Kier alpha value is -1.17. The van der Waals surface area contributed by atoms with Crippen LogP contribution in [0.1, 0.15) is 0 Å². The van der Waals surface area contributed by atoms with Crippen molar-refractivity contribution in [3.8, 4) is 22.6 Å². The van der Waals surface area contributed by atoms with E-state index in [0.717, 1.165) is 20.4 Å². The summed E-state index contributed by atoms with van der Waals surface area (Å²) in [7, 11) is 0. The molecule has 1 heterocycles. The second-order valence-electron chi connectivity index (χ2n) is 4.38. The van der Waals surface area contributed by atoms with Crippen LogP contribution in [0.15, 0.2) is 54.6 Å². The van der Waals surface area contributed by atoms with Gasteiger partial charge < -0.3 is 0 Å². The molecule has 3 rings (SSSR count). The molecule has 104 valence electrons. The van der Waals surface area contributed by atoms with Crippen molar-refractivity contribution < 1.29 is 0 Å². The molecular weight excluding hydrogens is 418 g/mol. The molecule has 0 radical (unpaired) electrons. The van der Waals surface area contributed by atoms with Crippen molar-refractivity contribution >= 4 is 45.8 Å². The SMILES string of the molecule is Clc1cccc(-c2nc(Cl)c(I)c(-c3ccccc3)n2)c1. The predicted molar refractivity (Wildman–Crippen MR) is 95.6 cm³/mol. The van der Waals surface area contributed by atoms with Gasteiger partial charge in [0.25, 0.3) is 0 Å². The minimum absolute atomic E-state index is 0.444. The maximum atomic E-state index is 6.27. The second-order valence-corrected chi connectivity index (χ2v) is 6.25. The lowest BCUT2D eigenvalue weighted by Gasteiger charge is -2.09. The van der Waals surface area contributed by atoms with E-state index in [2.05, 4.69) is 32.6 Å². The average Bonchev–Trinajstić information content (AvgIpc) is 2.51. The largest absolute Gasteiger partial charge is 0.227 e. The van der Waals surface area contributed by atoms with Gasteiger partial charge in [0, 0.05) is 16.1 Å². The monoisotopic (exact) mass is 426 g/mol. The molecule has 2 nitrogen and oxygen atoms in total. The number of benzene rings is 2. The molecule has 5 heteroatoms. The van der Waals surface area contributed by atoms with Gasteiger partial charge in [-0.2, -0.15) is 0 Å². The Balaban J connectivity index is 2.19. The summed E-state index contributed by atoms with van der Waals surface area (Å²) in [6.45, 7) is 0. The summed E-state index contributed by atoms with van der Waals surface area (Å²) in [6.07, 6.45) is 0. The van der Waals surface area contributed by atoms with E-state index in [4.69, 9.17) is 23.2 Å². The van der Waals surface area contributed by atoms with Crippen LogP contribution in [0.25, 0.3) is 22.6 Å². The van der Waals surface area contributed by atoms with Crippen molar-refractivity contribution in [1.29, 1.82) is 0 Å². The average molecular weight is 427 g/mol. The first-order valence-electron chi connectivity index (χ1n) is 6.19. The van der Waals surface area contributed by atoms with Gasteiger partial charge in [0.1, 0.15) is 5.15 Å². The highest BCUT2D eigenvalue weighted by Gasteiger charge is 2.13. The molecule has 0 fully saturated rings. The summed E-state index contributed by atoms with van der Waals surface area (Å²) in [4.78, 5) is 9.01. The van der Waals surface area contributed by atoms with Crippen LogP contribution in [-0.2, 0) is 0 Å². The van der Waals surface area contributed by atoms with Crippen molar-refractivity contribution in [2.45, 2.75) is 0 Å². The first kappa shape index (κ1) is 14.8. The van der Waals surface area contributed by atoms with Crippen molar-refractivity contribution in [2.24, 2.45) is 0 Å². The molecule has 0 aliphatic carbocycles. The fourth-order valence-electron chi connectivity index (χ4n) is 1.96. The van der Waals surface area contributed by atoms with Gasteiger partial charge in [-0.05, 0) is 34.7 Å². The van der Waals surface area contributed by atoms with Crippen LogP contribution in [-0.4, -0.2) is 9.97 Å². The van der Waals surface area contributed by atoms with Gasteiger partial charge in [-0.15, -0.1) is 0 Å². The third-order valence-electron chi connectivity index (χ3n) is 2.94. The molecule has 21 heavy (non-hydrogen) atoms. The quantitative estimate of drug-likeness (QED) is 0.386. The van der Waals surface area contributed by atoms with Crippen LogP contribution in [0, 0.1) is 3.57 Å². The normalized spacial score (nSPS) is 10.6. The summed E-state index contributed by atoms with van der Waals surface area (Å²) in [5, 5.41) is 1.09. The highest BCUT2D eigenvalue weighted by Crippen LogP contribution is 2.30. The molecule has 2 aromatic carbocycles. The third kappa shape index (κ3) is 3.20. The van der Waals surface area contributed by atoms with Gasteiger partial charge in [0.2, 0.25) is 0 Å². The molecule has 0 amide bonds. The molecular formula is C16H9Cl2IN2. The topological polar surface area (TPSA) is 25.8 Å². The Kier molecular flexibility index (Phi) is 4.42. The van der Waals surface area contributed by atoms with E-state index < -0.39 is 0 Å². The molecule has 0 aliphatic heterocycles. The van der Waals surface area contributed by atoms with Gasteiger partial charge >= 0.3 is 0 Å². The number of hydrogen-bond acceptors (Lipinski definition) is 2. The summed E-state index contributed by atoms with van der Waals surface area (Å²) in [5.41, 5.74) is 2.68. The fraction of sp³-hybridized carbons (Fsp3) is 0. The van der Waals surface area contributed by atoms with E-state index in [-0.39, 0.29) is 0 Å². The summed E-state index contributed by atoms with van der Waals surface area (Å²) < 4.78 is 0.839. The predicted octanol–water partition coefficient (Wildman–Crippen LogP) is 5.72. The molecule has 0 spiro atoms. The first-order chi connectivity index (χ1) is 10.1. The smallest absolute Gasteiger partial charge is 0.161 e. The first-order valence-corrected chi connectivity index (χ1v) is 8.03. The Bertz CT molecular complexity index is 792. The van der Waals surface area contributed by atoms with Crippen molar-refractivity contribution in [3.05, 3.63) is 68.3 Å². The fourth-order valence-corrected chi connectivity index (χ4v) is 2.88. The summed E-state index contributed by atoms with van der Waals surface area (Å²) in [5.74, 6) is 0.571. The molecule has 0 N–H and O–H groups in total. The molecule has 0 saturated carbocycles. The Labute approximate surface area is 146 Å². The van der Waals surface area contributed by atoms with Gasteiger partial charge in [-0.25, -0.2) is 9.97 Å². The lowest BCUT2D eigenvalue weighted by atomic mass is 10.1. The minimum Gasteiger partial charge on any atom is -0.227 e. The zero-order valence-electron chi connectivity index (χ0n) is 10.7. The van der Waals surface area contributed by atoms with Crippen LogP contribution in [0.5, 0.6) is 0 Å². The van der Waals surface area contributed by atoms with E-state index in [1.54, 1.807) is 0 Å². The second kappa shape index (κ2) is 6.30. The molecule has 3 aromatic rings. The van der Waals surface area contributed by atoms with Gasteiger partial charge in [-0.3, -0.25) is 0 Å². The van der Waals surface area contributed by atoms with Crippen molar-refractivity contribution in [3.63, 3.8) is 0 Å². The lowest BCUT2D eigenvalue weighted by Crippen LogP contribution is -1.97. The Morgan fingerprint density at radius 2 is 1.52 bits per heavy atom. The molecule has 0 unspecified atom stereocenters. The zero-order valence-corrected chi connectivity index (χ0v) is 14.4. The maximum absolute atomic E-state index is 6.27. The van der Waals surface area contributed by atoms with E-state index in [0.29, 0.717) is 16.0 Å². The zero-order chi connectivity index (χ0) is 14.8. The molecule has 0 aliphatic rings. The lowest BCUT2D eigenvalue weighted by molar-refractivity contribution is 1.16. The van der Waals surface area contributed by atoms with E-state index in [1.165, 1.54) is 0 Å². The van der Waals surface area contributed by atoms with Crippen LogP contribution in [0.2, 0.25) is 10.2 Å². The number of halogens is 3. The van der Waals surface area contributed by atoms with Crippen molar-refractivity contribution in [1.82, 2.24) is 9.97 Å². The molecule has 0 bridgehead atoms.